The van der Waals surface area contributed by atoms with Crippen molar-refractivity contribution in [2.24, 2.45) is 0 Å². The molecule has 0 saturated carbocycles. The minimum atomic E-state index is -6.63. The Labute approximate surface area is 177 Å². The second kappa shape index (κ2) is 11.6. The standard InChI is InChI=1S/C11H11F13O3S.Na/c12-1(3(14)5(16)7(18)9(20)21)2(13)4(15)6(17)8(19)11(23,24)10(22)28(25,26)27;/h1-10H,(H,25,26,27);/q;+1/p-1. The summed E-state index contributed by atoms with van der Waals surface area (Å²) in [6.45, 7) is 0. The first-order valence-electron chi connectivity index (χ1n) is 6.76. The van der Waals surface area contributed by atoms with Crippen LogP contribution >= 0.6 is 0 Å². The van der Waals surface area contributed by atoms with Crippen LogP contribution in [0.4, 0.5) is 57.1 Å². The molecule has 170 valence electrons. The van der Waals surface area contributed by atoms with E-state index in [4.69, 9.17) is 0 Å². The fourth-order valence-electron chi connectivity index (χ4n) is 1.71. The molecular weight excluding hydrogens is 482 g/mol. The van der Waals surface area contributed by atoms with E-state index in [0.717, 1.165) is 0 Å². The summed E-state index contributed by atoms with van der Waals surface area (Å²) in [6.07, 6.45) is -39.4. The monoisotopic (exact) mass is 492 g/mol. The Morgan fingerprint density at radius 1 is 0.586 bits per heavy atom. The van der Waals surface area contributed by atoms with Gasteiger partial charge in [0.1, 0.15) is 10.1 Å². The van der Waals surface area contributed by atoms with Crippen molar-refractivity contribution in [3.05, 3.63) is 0 Å². The third-order valence-electron chi connectivity index (χ3n) is 3.27. The fraction of sp³-hybridized carbons (Fsp3) is 1.00. The minimum Gasteiger partial charge on any atom is -0.746 e. The summed E-state index contributed by atoms with van der Waals surface area (Å²) in [5.41, 5.74) is -4.98. The molecular formula is C11H10F13NaO3S. The smallest absolute Gasteiger partial charge is 0.746 e. The Morgan fingerprint density at radius 3 is 1.14 bits per heavy atom. The van der Waals surface area contributed by atoms with Crippen molar-refractivity contribution in [3.63, 3.8) is 0 Å². The first-order valence-corrected chi connectivity index (χ1v) is 8.23. The molecule has 0 aromatic carbocycles. The molecule has 0 spiro atoms. The summed E-state index contributed by atoms with van der Waals surface area (Å²) in [5, 5.41) is 0. The van der Waals surface area contributed by atoms with Crippen molar-refractivity contribution in [3.8, 4) is 0 Å². The van der Waals surface area contributed by atoms with E-state index in [-0.39, 0.29) is 29.6 Å². The zero-order valence-corrected chi connectivity index (χ0v) is 16.6. The van der Waals surface area contributed by atoms with Gasteiger partial charge >= 0.3 is 35.5 Å². The summed E-state index contributed by atoms with van der Waals surface area (Å²) in [5.74, 6) is -6.12. The fourth-order valence-corrected chi connectivity index (χ4v) is 2.22. The molecule has 0 aliphatic rings. The average molecular weight is 492 g/mol. The summed E-state index contributed by atoms with van der Waals surface area (Å²) in [6, 6.07) is 0. The van der Waals surface area contributed by atoms with Gasteiger partial charge in [0.2, 0.25) is 6.17 Å². The van der Waals surface area contributed by atoms with Crippen LogP contribution in [0.1, 0.15) is 0 Å². The van der Waals surface area contributed by atoms with Crippen LogP contribution < -0.4 is 29.6 Å². The number of alkyl halides is 13. The van der Waals surface area contributed by atoms with Crippen LogP contribution in [-0.4, -0.2) is 80.2 Å². The number of hydrogen-bond acceptors (Lipinski definition) is 3. The molecule has 0 heterocycles. The normalized spacial score (nSPS) is 22.6. The Kier molecular flexibility index (Phi) is 12.4. The largest absolute Gasteiger partial charge is 1.00 e. The van der Waals surface area contributed by atoms with Gasteiger partial charge in [0, 0.05) is 0 Å². The maximum absolute atomic E-state index is 13.3. The summed E-state index contributed by atoms with van der Waals surface area (Å²) in [7, 11) is -6.63. The van der Waals surface area contributed by atoms with Crippen LogP contribution in [0, 0.1) is 0 Å². The van der Waals surface area contributed by atoms with Crippen molar-refractivity contribution in [1.82, 2.24) is 0 Å². The van der Waals surface area contributed by atoms with Gasteiger partial charge in [-0.05, 0) is 0 Å². The van der Waals surface area contributed by atoms with Gasteiger partial charge in [-0.15, -0.1) is 0 Å². The zero-order valence-electron chi connectivity index (χ0n) is 13.8. The molecule has 0 aliphatic carbocycles. The number of rotatable bonds is 11. The van der Waals surface area contributed by atoms with Crippen LogP contribution in [0.15, 0.2) is 0 Å². The van der Waals surface area contributed by atoms with E-state index >= 15 is 0 Å². The predicted molar refractivity (Wildman–Crippen MR) is 64.7 cm³/mol. The van der Waals surface area contributed by atoms with Crippen LogP contribution in [0.3, 0.4) is 0 Å². The third-order valence-corrected chi connectivity index (χ3v) is 4.09. The van der Waals surface area contributed by atoms with Crippen molar-refractivity contribution in [2.75, 3.05) is 0 Å². The van der Waals surface area contributed by atoms with Gasteiger partial charge in [0.25, 0.3) is 11.9 Å². The van der Waals surface area contributed by atoms with Gasteiger partial charge in [0.05, 0.1) is 0 Å². The van der Waals surface area contributed by atoms with Crippen molar-refractivity contribution < 1.29 is 99.6 Å². The summed E-state index contributed by atoms with van der Waals surface area (Å²) in [4.78, 5) is 0. The van der Waals surface area contributed by atoms with E-state index in [1.165, 1.54) is 0 Å². The first kappa shape index (κ1) is 31.2. The van der Waals surface area contributed by atoms with Crippen molar-refractivity contribution >= 4 is 10.1 Å². The van der Waals surface area contributed by atoms with Gasteiger partial charge in [-0.1, -0.05) is 0 Å². The molecule has 0 amide bonds. The van der Waals surface area contributed by atoms with Gasteiger partial charge in [0.15, 0.2) is 43.2 Å². The molecule has 0 fully saturated rings. The van der Waals surface area contributed by atoms with E-state index in [1.54, 1.807) is 0 Å². The molecule has 0 bridgehead atoms. The zero-order chi connectivity index (χ0) is 22.8. The molecule has 0 radical (unpaired) electrons. The maximum atomic E-state index is 13.3. The first-order chi connectivity index (χ1) is 12.4. The second-order valence-corrected chi connectivity index (χ2v) is 6.73. The molecule has 0 saturated heterocycles. The van der Waals surface area contributed by atoms with Crippen molar-refractivity contribution in [2.45, 2.75) is 67.2 Å². The van der Waals surface area contributed by atoms with E-state index in [9.17, 15) is 70.0 Å². The van der Waals surface area contributed by atoms with Crippen LogP contribution in [0.25, 0.3) is 0 Å². The van der Waals surface area contributed by atoms with E-state index in [0.29, 0.717) is 0 Å². The maximum Gasteiger partial charge on any atom is 1.00 e. The van der Waals surface area contributed by atoms with E-state index in [1.807, 2.05) is 0 Å². The van der Waals surface area contributed by atoms with Gasteiger partial charge in [-0.25, -0.2) is 56.7 Å². The Morgan fingerprint density at radius 2 is 0.862 bits per heavy atom. The van der Waals surface area contributed by atoms with Crippen LogP contribution in [0.5, 0.6) is 0 Å². The van der Waals surface area contributed by atoms with E-state index < -0.39 is 77.3 Å². The van der Waals surface area contributed by atoms with E-state index in [2.05, 4.69) is 0 Å². The molecule has 29 heavy (non-hydrogen) atoms. The summed E-state index contributed by atoms with van der Waals surface area (Å²) >= 11 is 0. The SMILES string of the molecule is O=S(=O)([O-])C(F)C(F)(F)C(F)C(F)C(F)C(F)C(F)C(F)C(F)C(F)C(F)F.[Na+]. The van der Waals surface area contributed by atoms with Gasteiger partial charge in [-0.2, -0.15) is 8.78 Å². The van der Waals surface area contributed by atoms with Gasteiger partial charge in [-0.3, -0.25) is 0 Å². The number of hydrogen-bond donors (Lipinski definition) is 0. The van der Waals surface area contributed by atoms with Gasteiger partial charge < -0.3 is 4.55 Å². The summed E-state index contributed by atoms with van der Waals surface area (Å²) < 4.78 is 198. The molecule has 0 N–H and O–H groups in total. The molecule has 9 atom stereocenters. The Bertz CT molecular complexity index is 597. The van der Waals surface area contributed by atoms with Crippen molar-refractivity contribution in [1.29, 1.82) is 0 Å². The van der Waals surface area contributed by atoms with Crippen LogP contribution in [-0.2, 0) is 10.1 Å². The molecule has 0 aromatic rings. The molecule has 9 unspecified atom stereocenters. The Balaban J connectivity index is 0. The predicted octanol–water partition coefficient (Wildman–Crippen LogP) is 0.436. The molecule has 0 aliphatic heterocycles. The quantitative estimate of drug-likeness (QED) is 0.239. The molecule has 0 rings (SSSR count). The topological polar surface area (TPSA) is 57.2 Å². The number of halogens is 13. The second-order valence-electron chi connectivity index (χ2n) is 5.33. The molecule has 0 aromatic heterocycles. The minimum absolute atomic E-state index is 0. The third kappa shape index (κ3) is 7.57. The Hall–Kier alpha value is -0.000000000000000444. The molecule has 18 heteroatoms. The molecule has 3 nitrogen and oxygen atoms in total. The average Bonchev–Trinajstić information content (AvgIpc) is 2.61. The van der Waals surface area contributed by atoms with Crippen LogP contribution in [0.2, 0.25) is 0 Å².